The van der Waals surface area contributed by atoms with Crippen LogP contribution in [0.3, 0.4) is 0 Å². The highest BCUT2D eigenvalue weighted by molar-refractivity contribution is 7.16. The van der Waals surface area contributed by atoms with Crippen molar-refractivity contribution in [3.05, 3.63) is 34.0 Å². The van der Waals surface area contributed by atoms with Crippen molar-refractivity contribution in [1.29, 1.82) is 5.26 Å². The number of nitrogens with two attached hydrogens (primary N) is 1. The number of nitriles is 1. The molecule has 3 fully saturated rings. The average molecular weight is 674 g/mol. The minimum atomic E-state index is -0.604. The van der Waals surface area contributed by atoms with E-state index in [0.717, 1.165) is 60.7 Å². The number of carbonyl (C=O) groups excluding carboxylic acids is 1. The first-order valence-electron chi connectivity index (χ1n) is 17.4. The molecular weight excluding hydrogens is 627 g/mol. The topological polar surface area (TPSA) is 141 Å². The van der Waals surface area contributed by atoms with E-state index in [1.807, 2.05) is 26.8 Å². The molecule has 3 aromatic heterocycles. The quantitative estimate of drug-likeness (QED) is 0.372. The molecule has 256 valence electrons. The fraction of sp³-hybridized carbons (Fsp3) is 0.629. The molecule has 3 saturated heterocycles. The van der Waals surface area contributed by atoms with Crippen LogP contribution in [-0.2, 0) is 16.6 Å². The zero-order valence-electron chi connectivity index (χ0n) is 28.6. The number of rotatable bonds is 5. The maximum Gasteiger partial charge on any atom is 0.410 e. The van der Waals surface area contributed by atoms with Gasteiger partial charge in [-0.25, -0.2) is 9.78 Å². The second-order valence-corrected chi connectivity index (χ2v) is 16.0. The number of anilines is 3. The zero-order chi connectivity index (χ0) is 33.6. The Balaban J connectivity index is 1.19. The van der Waals surface area contributed by atoms with Gasteiger partial charge in [-0.1, -0.05) is 11.6 Å². The SMILES string of the molecule is CC(C)(C)OC(=O)N1CCN(c2cc(-c3noc(C4(C)CCCc5sc(N)c(C#N)c54)n3)nc(N3CCC(N4CCCCC4)C3)c2)CC1. The normalized spacial score (nSPS) is 23.6. The van der Waals surface area contributed by atoms with E-state index in [9.17, 15) is 10.1 Å². The maximum absolute atomic E-state index is 12.8. The number of ether oxygens (including phenoxy) is 1. The number of hydrogen-bond donors (Lipinski definition) is 1. The van der Waals surface area contributed by atoms with E-state index < -0.39 is 11.0 Å². The van der Waals surface area contributed by atoms with Gasteiger partial charge in [0.25, 0.3) is 0 Å². The Morgan fingerprint density at radius 2 is 1.83 bits per heavy atom. The zero-order valence-corrected chi connectivity index (χ0v) is 29.4. The summed E-state index contributed by atoms with van der Waals surface area (Å²) in [6.45, 7) is 14.5. The van der Waals surface area contributed by atoms with Gasteiger partial charge < -0.3 is 29.7 Å². The van der Waals surface area contributed by atoms with Crippen molar-refractivity contribution in [2.45, 2.75) is 89.7 Å². The summed E-state index contributed by atoms with van der Waals surface area (Å²) >= 11 is 1.50. The molecule has 0 bridgehead atoms. The summed E-state index contributed by atoms with van der Waals surface area (Å²) < 4.78 is 11.7. The molecule has 1 aliphatic carbocycles. The molecule has 0 spiro atoms. The van der Waals surface area contributed by atoms with Crippen LogP contribution < -0.4 is 15.5 Å². The monoisotopic (exact) mass is 673 g/mol. The van der Waals surface area contributed by atoms with Gasteiger partial charge in [0.05, 0.1) is 11.0 Å². The van der Waals surface area contributed by atoms with Crippen molar-refractivity contribution in [3.63, 3.8) is 0 Å². The highest BCUT2D eigenvalue weighted by atomic mass is 32.1. The molecular formula is C35H47N9O3S. The van der Waals surface area contributed by atoms with Crippen LogP contribution in [-0.4, -0.2) is 95.0 Å². The van der Waals surface area contributed by atoms with Gasteiger partial charge in [-0.2, -0.15) is 10.2 Å². The molecule has 13 heteroatoms. The number of piperazine rings is 1. The van der Waals surface area contributed by atoms with Gasteiger partial charge in [-0.15, -0.1) is 11.3 Å². The third kappa shape index (κ3) is 6.32. The molecule has 0 aromatic carbocycles. The number of nitrogens with zero attached hydrogens (tertiary/aromatic N) is 8. The molecule has 0 radical (unpaired) electrons. The Hall–Kier alpha value is -3.89. The summed E-state index contributed by atoms with van der Waals surface area (Å²) in [5, 5.41) is 15.0. The lowest BCUT2D eigenvalue weighted by molar-refractivity contribution is 0.0240. The van der Waals surface area contributed by atoms with Gasteiger partial charge in [-0.05, 0) is 85.4 Å². The number of thiophene rings is 1. The molecule has 3 aliphatic heterocycles. The highest BCUT2D eigenvalue weighted by Gasteiger charge is 2.43. The van der Waals surface area contributed by atoms with E-state index in [-0.39, 0.29) is 6.09 Å². The number of aromatic nitrogens is 3. The molecule has 1 amide bonds. The van der Waals surface area contributed by atoms with Crippen molar-refractivity contribution < 1.29 is 14.1 Å². The van der Waals surface area contributed by atoms with Gasteiger partial charge in [0.15, 0.2) is 0 Å². The largest absolute Gasteiger partial charge is 0.444 e. The number of hydrogen-bond acceptors (Lipinski definition) is 12. The average Bonchev–Trinajstić information content (AvgIpc) is 3.84. The first-order chi connectivity index (χ1) is 23.0. The molecule has 3 aromatic rings. The molecule has 2 atom stereocenters. The molecule has 48 heavy (non-hydrogen) atoms. The van der Waals surface area contributed by atoms with Gasteiger partial charge in [0, 0.05) is 67.5 Å². The summed E-state index contributed by atoms with van der Waals surface area (Å²) in [4.78, 5) is 33.2. The van der Waals surface area contributed by atoms with Crippen LogP contribution in [0, 0.1) is 11.3 Å². The number of fused-ring (bicyclic) bond motifs is 1. The van der Waals surface area contributed by atoms with Crippen molar-refractivity contribution in [3.8, 4) is 17.6 Å². The second-order valence-electron chi connectivity index (χ2n) is 14.9. The maximum atomic E-state index is 12.8. The van der Waals surface area contributed by atoms with E-state index in [2.05, 4.69) is 38.9 Å². The summed E-state index contributed by atoms with van der Waals surface area (Å²) in [5.74, 6) is 1.83. The van der Waals surface area contributed by atoms with Gasteiger partial charge >= 0.3 is 6.09 Å². The molecule has 6 heterocycles. The minimum absolute atomic E-state index is 0.273. The number of nitrogen functional groups attached to an aromatic ring is 1. The summed E-state index contributed by atoms with van der Waals surface area (Å²) in [6, 6.07) is 7.08. The van der Waals surface area contributed by atoms with E-state index in [4.69, 9.17) is 25.0 Å². The van der Waals surface area contributed by atoms with Crippen LogP contribution in [0.15, 0.2) is 16.7 Å². The van der Waals surface area contributed by atoms with E-state index in [1.54, 1.807) is 4.90 Å². The Labute approximate surface area is 286 Å². The van der Waals surface area contributed by atoms with E-state index >= 15 is 0 Å². The first kappa shape index (κ1) is 32.6. The van der Waals surface area contributed by atoms with Crippen LogP contribution in [0.5, 0.6) is 0 Å². The molecule has 2 unspecified atom stereocenters. The van der Waals surface area contributed by atoms with Gasteiger partial charge in [-0.3, -0.25) is 4.90 Å². The summed E-state index contributed by atoms with van der Waals surface area (Å²) in [7, 11) is 0. The van der Waals surface area contributed by atoms with Crippen LogP contribution in [0.1, 0.15) is 88.1 Å². The minimum Gasteiger partial charge on any atom is -0.444 e. The van der Waals surface area contributed by atoms with Crippen molar-refractivity contribution in [2.75, 3.05) is 67.9 Å². The molecule has 0 saturated carbocycles. The Kier molecular flexibility index (Phi) is 8.74. The lowest BCUT2D eigenvalue weighted by Crippen LogP contribution is -2.50. The predicted molar refractivity (Wildman–Crippen MR) is 186 cm³/mol. The molecule has 7 rings (SSSR count). The summed E-state index contributed by atoms with van der Waals surface area (Å²) in [5.41, 5.74) is 8.28. The van der Waals surface area contributed by atoms with Crippen LogP contribution in [0.2, 0.25) is 0 Å². The van der Waals surface area contributed by atoms with Crippen LogP contribution in [0.25, 0.3) is 11.5 Å². The molecule has 2 N–H and O–H groups in total. The number of likely N-dealkylation sites (tertiary alicyclic amines) is 1. The van der Waals surface area contributed by atoms with Crippen LogP contribution in [0.4, 0.5) is 21.3 Å². The van der Waals surface area contributed by atoms with Crippen molar-refractivity contribution in [1.82, 2.24) is 24.9 Å². The third-order valence-electron chi connectivity index (χ3n) is 10.4. The van der Waals surface area contributed by atoms with E-state index in [1.165, 1.54) is 43.7 Å². The van der Waals surface area contributed by atoms with Crippen LogP contribution >= 0.6 is 11.3 Å². The Morgan fingerprint density at radius 1 is 1.06 bits per heavy atom. The van der Waals surface area contributed by atoms with Crippen molar-refractivity contribution >= 4 is 33.9 Å². The van der Waals surface area contributed by atoms with Crippen molar-refractivity contribution in [2.24, 2.45) is 0 Å². The number of carbonyl (C=O) groups is 1. The lowest BCUT2D eigenvalue weighted by atomic mass is 9.72. The number of amides is 1. The number of pyridine rings is 1. The fourth-order valence-electron chi connectivity index (χ4n) is 7.83. The molecule has 12 nitrogen and oxygen atoms in total. The standard InChI is InChI=1S/C35H47N9O3S/c1-34(2,3)46-33(45)43-17-15-42(16-18-43)24-19-26(38-28(20-24)44-14-10-23(22-44)41-12-6-5-7-13-41)31-39-32(47-40-31)35(4)11-8-9-27-29(35)25(21-36)30(37)48-27/h19-20,23H,5-18,22,37H2,1-4H3. The second kappa shape index (κ2) is 12.9. The van der Waals surface area contributed by atoms with Gasteiger partial charge in [0.2, 0.25) is 11.7 Å². The third-order valence-corrected chi connectivity index (χ3v) is 11.4. The fourth-order valence-corrected chi connectivity index (χ4v) is 9.02. The number of aryl methyl sites for hydroxylation is 1. The molecule has 4 aliphatic rings. The van der Waals surface area contributed by atoms with Gasteiger partial charge in [0.1, 0.15) is 28.2 Å². The predicted octanol–water partition coefficient (Wildman–Crippen LogP) is 5.41. The number of piperidine rings is 1. The smallest absolute Gasteiger partial charge is 0.410 e. The highest BCUT2D eigenvalue weighted by Crippen LogP contribution is 2.48. The Morgan fingerprint density at radius 3 is 2.56 bits per heavy atom. The first-order valence-corrected chi connectivity index (χ1v) is 18.2. The lowest BCUT2D eigenvalue weighted by Gasteiger charge is -2.37. The van der Waals surface area contributed by atoms with E-state index in [0.29, 0.717) is 60.2 Å². The summed E-state index contributed by atoms with van der Waals surface area (Å²) in [6.07, 6.45) is 7.36. The Bertz CT molecular complexity index is 1690.